The van der Waals surface area contributed by atoms with E-state index in [1.54, 1.807) is 17.9 Å². The van der Waals surface area contributed by atoms with Crippen molar-refractivity contribution < 1.29 is 22.7 Å². The molecule has 2 amide bonds. The van der Waals surface area contributed by atoms with Gasteiger partial charge < -0.3 is 15.0 Å². The van der Waals surface area contributed by atoms with E-state index in [1.807, 2.05) is 31.2 Å². The molecule has 2 heterocycles. The van der Waals surface area contributed by atoms with Crippen molar-refractivity contribution in [3.63, 3.8) is 0 Å². The van der Waals surface area contributed by atoms with Gasteiger partial charge in [0.1, 0.15) is 5.75 Å². The number of nitrogens with one attached hydrogen (secondary N) is 1. The number of anilines is 2. The molecule has 2 aromatic rings. The Hall–Kier alpha value is -2.91. The highest BCUT2D eigenvalue weighted by molar-refractivity contribution is 7.89. The first-order valence-electron chi connectivity index (χ1n) is 10.7. The summed E-state index contributed by atoms with van der Waals surface area (Å²) < 4.78 is 33.4. The van der Waals surface area contributed by atoms with Crippen molar-refractivity contribution in [2.24, 2.45) is 0 Å². The molecule has 2 aliphatic rings. The molecule has 1 unspecified atom stereocenters. The van der Waals surface area contributed by atoms with E-state index in [2.05, 4.69) is 5.32 Å². The Morgan fingerprint density at radius 2 is 2.03 bits per heavy atom. The highest BCUT2D eigenvalue weighted by Crippen LogP contribution is 2.36. The molecule has 0 fully saturated rings. The van der Waals surface area contributed by atoms with Gasteiger partial charge >= 0.3 is 0 Å². The van der Waals surface area contributed by atoms with E-state index in [-0.39, 0.29) is 23.3 Å². The summed E-state index contributed by atoms with van der Waals surface area (Å²) in [6, 6.07) is 10.7. The summed E-state index contributed by atoms with van der Waals surface area (Å²) in [5.41, 5.74) is 2.84. The average molecular weight is 458 g/mol. The van der Waals surface area contributed by atoms with Crippen LogP contribution in [0.15, 0.2) is 41.3 Å². The maximum Gasteiger partial charge on any atom is 0.265 e. The lowest BCUT2D eigenvalue weighted by atomic mass is 10.0. The zero-order valence-electron chi connectivity index (χ0n) is 18.4. The fourth-order valence-electron chi connectivity index (χ4n) is 4.15. The summed E-state index contributed by atoms with van der Waals surface area (Å²) in [7, 11) is -2.56. The molecule has 170 valence electrons. The lowest BCUT2D eigenvalue weighted by Gasteiger charge is -2.31. The quantitative estimate of drug-likeness (QED) is 0.745. The van der Waals surface area contributed by atoms with Crippen LogP contribution in [0, 0.1) is 6.92 Å². The summed E-state index contributed by atoms with van der Waals surface area (Å²) in [4.78, 5) is 26.8. The van der Waals surface area contributed by atoms with Crippen LogP contribution < -0.4 is 15.0 Å². The van der Waals surface area contributed by atoms with Crippen molar-refractivity contribution >= 4 is 33.2 Å². The van der Waals surface area contributed by atoms with Gasteiger partial charge in [-0.2, -0.15) is 4.31 Å². The second-order valence-electron chi connectivity index (χ2n) is 8.16. The molecule has 0 radical (unpaired) electrons. The number of hydrogen-bond acceptors (Lipinski definition) is 5. The van der Waals surface area contributed by atoms with Crippen molar-refractivity contribution in [1.82, 2.24) is 4.31 Å². The van der Waals surface area contributed by atoms with Crippen molar-refractivity contribution in [3.05, 3.63) is 47.5 Å². The Labute approximate surface area is 188 Å². The number of amides is 2. The maximum absolute atomic E-state index is 13.3. The van der Waals surface area contributed by atoms with Gasteiger partial charge in [-0.25, -0.2) is 8.42 Å². The molecule has 4 rings (SSSR count). The largest absolute Gasteiger partial charge is 0.478 e. The zero-order chi connectivity index (χ0) is 23.0. The van der Waals surface area contributed by atoms with Gasteiger partial charge in [-0.05, 0) is 49.4 Å². The molecule has 0 aromatic heterocycles. The summed E-state index contributed by atoms with van der Waals surface area (Å²) >= 11 is 0. The summed E-state index contributed by atoms with van der Waals surface area (Å²) in [6.45, 7) is 3.76. The topological polar surface area (TPSA) is 96.0 Å². The molecule has 0 spiro atoms. The summed E-state index contributed by atoms with van der Waals surface area (Å²) in [6.07, 6.45) is 1.54. The molecule has 1 atom stereocenters. The molecule has 0 saturated carbocycles. The first-order chi connectivity index (χ1) is 15.2. The molecule has 2 aromatic carbocycles. The Morgan fingerprint density at radius 1 is 1.28 bits per heavy atom. The molecule has 1 N–H and O–H groups in total. The minimum Gasteiger partial charge on any atom is -0.478 e. The third kappa shape index (κ3) is 3.98. The lowest BCUT2D eigenvalue weighted by molar-refractivity contribution is -0.123. The van der Waals surface area contributed by atoms with Crippen molar-refractivity contribution in [2.45, 2.75) is 44.1 Å². The second kappa shape index (κ2) is 8.55. The van der Waals surface area contributed by atoms with E-state index < -0.39 is 16.1 Å². The van der Waals surface area contributed by atoms with E-state index in [0.29, 0.717) is 30.0 Å². The first kappa shape index (κ1) is 22.3. The van der Waals surface area contributed by atoms with Gasteiger partial charge in [0.25, 0.3) is 5.91 Å². The van der Waals surface area contributed by atoms with Gasteiger partial charge in [0, 0.05) is 25.3 Å². The van der Waals surface area contributed by atoms with Crippen LogP contribution in [0.25, 0.3) is 0 Å². The van der Waals surface area contributed by atoms with Gasteiger partial charge in [-0.15, -0.1) is 0 Å². The van der Waals surface area contributed by atoms with Crippen LogP contribution in [0.2, 0.25) is 0 Å². The van der Waals surface area contributed by atoms with Crippen LogP contribution in [0.3, 0.4) is 0 Å². The Balaban J connectivity index is 1.58. The zero-order valence-corrected chi connectivity index (χ0v) is 19.2. The molecule has 2 aliphatic heterocycles. The number of likely N-dealkylation sites (N-methyl/N-ethyl adjacent to an activating group) is 1. The van der Waals surface area contributed by atoms with Crippen LogP contribution in [-0.2, 0) is 26.0 Å². The smallest absolute Gasteiger partial charge is 0.265 e. The number of benzene rings is 2. The summed E-state index contributed by atoms with van der Waals surface area (Å²) in [5.74, 6) is -0.210. The number of fused-ring (bicyclic) bond motifs is 2. The van der Waals surface area contributed by atoms with E-state index in [4.69, 9.17) is 4.74 Å². The third-order valence-corrected chi connectivity index (χ3v) is 7.87. The predicted octanol–water partition coefficient (Wildman–Crippen LogP) is 2.70. The molecular weight excluding hydrogens is 430 g/mol. The number of rotatable bonds is 5. The van der Waals surface area contributed by atoms with E-state index >= 15 is 0 Å². The fraction of sp³-hybridized carbons (Fsp3) is 0.391. The number of carbonyl (C=O) groups excluding carboxylic acids is 2. The SMILES string of the molecule is CCC1Oc2cc(S(=O)(=O)N(C)CC(=O)N3CCCc4ccccc43)c(C)cc2NC1=O. The maximum atomic E-state index is 13.3. The highest BCUT2D eigenvalue weighted by Gasteiger charge is 2.32. The van der Waals surface area contributed by atoms with Crippen molar-refractivity contribution in [3.8, 4) is 5.75 Å². The van der Waals surface area contributed by atoms with Crippen LogP contribution in [-0.4, -0.2) is 50.8 Å². The van der Waals surface area contributed by atoms with Crippen molar-refractivity contribution in [2.75, 3.05) is 30.4 Å². The number of carbonyl (C=O) groups is 2. The summed E-state index contributed by atoms with van der Waals surface area (Å²) in [5, 5.41) is 2.76. The van der Waals surface area contributed by atoms with Gasteiger partial charge in [-0.3, -0.25) is 9.59 Å². The van der Waals surface area contributed by atoms with E-state index in [9.17, 15) is 18.0 Å². The van der Waals surface area contributed by atoms with Crippen LogP contribution in [0.5, 0.6) is 5.75 Å². The van der Waals surface area contributed by atoms with E-state index in [0.717, 1.165) is 28.4 Å². The van der Waals surface area contributed by atoms with Gasteiger partial charge in [0.2, 0.25) is 15.9 Å². The number of para-hydroxylation sites is 1. The minimum absolute atomic E-state index is 0.0524. The van der Waals surface area contributed by atoms with Gasteiger partial charge in [0.05, 0.1) is 17.1 Å². The number of hydrogen-bond donors (Lipinski definition) is 1. The highest BCUT2D eigenvalue weighted by atomic mass is 32.2. The van der Waals surface area contributed by atoms with Crippen molar-refractivity contribution in [1.29, 1.82) is 0 Å². The number of nitrogens with zero attached hydrogens (tertiary/aromatic N) is 2. The molecule has 32 heavy (non-hydrogen) atoms. The molecule has 8 nitrogen and oxygen atoms in total. The van der Waals surface area contributed by atoms with Crippen LogP contribution >= 0.6 is 0 Å². The fourth-order valence-corrected chi connectivity index (χ4v) is 5.49. The molecule has 9 heteroatoms. The second-order valence-corrected chi connectivity index (χ2v) is 10.2. The van der Waals surface area contributed by atoms with Crippen LogP contribution in [0.4, 0.5) is 11.4 Å². The standard InChI is InChI=1S/C23H27N3O5S/c1-4-19-23(28)24-17-12-15(2)21(13-20(17)31-19)32(29,30)25(3)14-22(27)26-11-7-9-16-8-5-6-10-18(16)26/h5-6,8,10,12-13,19H,4,7,9,11,14H2,1-3H3,(H,24,28). The number of ether oxygens (including phenoxy) is 1. The molecular formula is C23H27N3O5S. The lowest BCUT2D eigenvalue weighted by Crippen LogP contribution is -2.43. The number of aryl methyl sites for hydroxylation is 2. The minimum atomic E-state index is -3.96. The Morgan fingerprint density at radius 3 is 2.78 bits per heavy atom. The molecule has 0 aliphatic carbocycles. The average Bonchev–Trinajstić information content (AvgIpc) is 2.77. The first-order valence-corrected chi connectivity index (χ1v) is 12.1. The van der Waals surface area contributed by atoms with Gasteiger partial charge in [0.15, 0.2) is 6.10 Å². The van der Waals surface area contributed by atoms with E-state index in [1.165, 1.54) is 13.1 Å². The monoisotopic (exact) mass is 457 g/mol. The normalized spacial score (nSPS) is 17.9. The van der Waals surface area contributed by atoms with Gasteiger partial charge in [-0.1, -0.05) is 25.1 Å². The molecule has 0 saturated heterocycles. The number of sulfonamides is 1. The Kier molecular flexibility index (Phi) is 5.96. The Bertz CT molecular complexity index is 1180. The molecule has 0 bridgehead atoms. The third-order valence-electron chi connectivity index (χ3n) is 5.92. The predicted molar refractivity (Wildman–Crippen MR) is 121 cm³/mol. The van der Waals surface area contributed by atoms with Crippen LogP contribution in [0.1, 0.15) is 30.9 Å².